The molecular formula is C24H30N6O2. The van der Waals surface area contributed by atoms with Crippen LogP contribution in [-0.4, -0.2) is 50.9 Å². The minimum absolute atomic E-state index is 0.536. The second kappa shape index (κ2) is 11.6. The second-order valence-electron chi connectivity index (χ2n) is 7.52. The maximum Gasteiger partial charge on any atom is 0.295 e. The maximum atomic E-state index is 10.8. The highest BCUT2D eigenvalue weighted by atomic mass is 16.4. The molecule has 32 heavy (non-hydrogen) atoms. The zero-order chi connectivity index (χ0) is 22.8. The van der Waals surface area contributed by atoms with Crippen LogP contribution in [0.1, 0.15) is 30.9 Å². The molecule has 1 amide bonds. The Hall–Kier alpha value is -3.68. The third kappa shape index (κ3) is 6.41. The van der Waals surface area contributed by atoms with Gasteiger partial charge in [0.05, 0.1) is 18.1 Å². The smallest absolute Gasteiger partial charge is 0.295 e. The first-order valence-corrected chi connectivity index (χ1v) is 10.8. The van der Waals surface area contributed by atoms with Crippen molar-refractivity contribution >= 4 is 23.5 Å². The van der Waals surface area contributed by atoms with Crippen molar-refractivity contribution in [3.63, 3.8) is 0 Å². The topological polar surface area (TPSA) is 89.1 Å². The summed E-state index contributed by atoms with van der Waals surface area (Å²) in [6, 6.07) is 14.4. The molecule has 0 bridgehead atoms. The van der Waals surface area contributed by atoms with Crippen LogP contribution in [0.2, 0.25) is 0 Å². The van der Waals surface area contributed by atoms with E-state index >= 15 is 0 Å². The van der Waals surface area contributed by atoms with Gasteiger partial charge in [-0.15, -0.1) is 0 Å². The number of rotatable bonds is 9. The molecule has 0 radical (unpaired) electrons. The zero-order valence-electron chi connectivity index (χ0n) is 18.9. The highest BCUT2D eigenvalue weighted by Gasteiger charge is 2.04. The van der Waals surface area contributed by atoms with Gasteiger partial charge in [-0.1, -0.05) is 36.8 Å². The van der Waals surface area contributed by atoms with Gasteiger partial charge in [-0.2, -0.15) is 20.0 Å². The largest absolute Gasteiger partial charge is 0.424 e. The van der Waals surface area contributed by atoms with Gasteiger partial charge >= 0.3 is 0 Å². The number of hydrogen-bond acceptors (Lipinski definition) is 6. The molecule has 2 heterocycles. The van der Waals surface area contributed by atoms with Crippen LogP contribution in [0, 0.1) is 13.8 Å². The van der Waals surface area contributed by atoms with Crippen LogP contribution in [0.25, 0.3) is 16.8 Å². The third-order valence-electron chi connectivity index (χ3n) is 4.84. The summed E-state index contributed by atoms with van der Waals surface area (Å²) in [5.74, 6) is 0. The van der Waals surface area contributed by atoms with Crippen molar-refractivity contribution in [1.82, 2.24) is 24.9 Å². The molecule has 0 aliphatic rings. The summed E-state index contributed by atoms with van der Waals surface area (Å²) in [4.78, 5) is 18.5. The SMILES string of the molecule is CCCN(C=O)CCCNc1nc2ccccc2o1.Cc1ccc(-n2nccn2)c(C)c1. The van der Waals surface area contributed by atoms with Gasteiger partial charge in [0.25, 0.3) is 6.01 Å². The lowest BCUT2D eigenvalue weighted by atomic mass is 10.1. The van der Waals surface area contributed by atoms with Crippen molar-refractivity contribution in [3.05, 3.63) is 66.0 Å². The van der Waals surface area contributed by atoms with Crippen molar-refractivity contribution in [2.45, 2.75) is 33.6 Å². The van der Waals surface area contributed by atoms with Crippen LogP contribution < -0.4 is 5.32 Å². The van der Waals surface area contributed by atoms with E-state index in [4.69, 9.17) is 4.42 Å². The number of hydrogen-bond donors (Lipinski definition) is 1. The number of para-hydroxylation sites is 2. The summed E-state index contributed by atoms with van der Waals surface area (Å²) in [6.45, 7) is 8.50. The molecule has 0 atom stereocenters. The first-order chi connectivity index (χ1) is 15.6. The summed E-state index contributed by atoms with van der Waals surface area (Å²) in [5.41, 5.74) is 5.12. The lowest BCUT2D eigenvalue weighted by Crippen LogP contribution is -2.25. The number of amides is 1. The standard InChI is InChI=1S/C14H19N3O2.C10H11N3/c1-2-9-17(11-18)10-5-8-15-14-16-12-6-3-4-7-13(12)19-14;1-8-3-4-10(9(2)7-8)13-11-5-6-12-13/h3-4,6-7,11H,2,5,8-10H2,1H3,(H,15,16);3-7H,1-2H3. The fourth-order valence-corrected chi connectivity index (χ4v) is 3.30. The van der Waals surface area contributed by atoms with Gasteiger partial charge in [0.15, 0.2) is 5.58 Å². The number of nitrogens with zero attached hydrogens (tertiary/aromatic N) is 5. The summed E-state index contributed by atoms with van der Waals surface area (Å²) >= 11 is 0. The Morgan fingerprint density at radius 2 is 1.88 bits per heavy atom. The van der Waals surface area contributed by atoms with E-state index in [1.54, 1.807) is 22.1 Å². The van der Waals surface area contributed by atoms with Gasteiger partial charge in [0, 0.05) is 19.6 Å². The summed E-state index contributed by atoms with van der Waals surface area (Å²) < 4.78 is 5.54. The molecule has 0 fully saturated rings. The van der Waals surface area contributed by atoms with Crippen molar-refractivity contribution in [2.24, 2.45) is 0 Å². The van der Waals surface area contributed by atoms with E-state index in [1.165, 1.54) is 11.1 Å². The number of aromatic nitrogens is 4. The molecule has 0 aliphatic carbocycles. The molecule has 0 spiro atoms. The maximum absolute atomic E-state index is 10.8. The van der Waals surface area contributed by atoms with Crippen LogP contribution in [0.15, 0.2) is 59.3 Å². The Balaban J connectivity index is 0.000000193. The van der Waals surface area contributed by atoms with Gasteiger partial charge < -0.3 is 14.6 Å². The highest BCUT2D eigenvalue weighted by molar-refractivity contribution is 5.74. The number of fused-ring (bicyclic) bond motifs is 1. The first kappa shape index (κ1) is 23.0. The van der Waals surface area contributed by atoms with Crippen LogP contribution in [0.4, 0.5) is 6.01 Å². The van der Waals surface area contributed by atoms with E-state index in [0.29, 0.717) is 6.01 Å². The summed E-state index contributed by atoms with van der Waals surface area (Å²) in [6.07, 6.45) is 6.12. The predicted octanol–water partition coefficient (Wildman–Crippen LogP) is 4.38. The van der Waals surface area contributed by atoms with Crippen molar-refractivity contribution in [1.29, 1.82) is 0 Å². The van der Waals surface area contributed by atoms with Crippen LogP contribution >= 0.6 is 0 Å². The Bertz CT molecular complexity index is 1070. The third-order valence-corrected chi connectivity index (χ3v) is 4.84. The zero-order valence-corrected chi connectivity index (χ0v) is 18.9. The Morgan fingerprint density at radius 1 is 1.09 bits per heavy atom. The van der Waals surface area contributed by atoms with Crippen molar-refractivity contribution in [2.75, 3.05) is 25.0 Å². The lowest BCUT2D eigenvalue weighted by molar-refractivity contribution is -0.118. The van der Waals surface area contributed by atoms with E-state index in [0.717, 1.165) is 55.7 Å². The first-order valence-electron chi connectivity index (χ1n) is 10.8. The molecule has 168 valence electrons. The molecule has 1 N–H and O–H groups in total. The molecule has 8 nitrogen and oxygen atoms in total. The van der Waals surface area contributed by atoms with Crippen LogP contribution in [-0.2, 0) is 4.79 Å². The van der Waals surface area contributed by atoms with Crippen LogP contribution in [0.5, 0.6) is 0 Å². The van der Waals surface area contributed by atoms with E-state index in [9.17, 15) is 4.79 Å². The van der Waals surface area contributed by atoms with E-state index in [-0.39, 0.29) is 0 Å². The number of aryl methyl sites for hydroxylation is 2. The molecule has 2 aromatic carbocycles. The number of benzene rings is 2. The van der Waals surface area contributed by atoms with Gasteiger partial charge in [0.2, 0.25) is 6.41 Å². The number of oxazole rings is 1. The summed E-state index contributed by atoms with van der Waals surface area (Å²) in [7, 11) is 0. The van der Waals surface area contributed by atoms with Gasteiger partial charge in [0.1, 0.15) is 5.52 Å². The molecule has 4 aromatic rings. The minimum atomic E-state index is 0.536. The quantitative estimate of drug-likeness (QED) is 0.311. The van der Waals surface area contributed by atoms with Gasteiger partial charge in [-0.25, -0.2) is 0 Å². The Morgan fingerprint density at radius 3 is 2.56 bits per heavy atom. The van der Waals surface area contributed by atoms with Gasteiger partial charge in [-0.3, -0.25) is 4.79 Å². The monoisotopic (exact) mass is 434 g/mol. The molecule has 8 heteroatoms. The molecule has 0 saturated heterocycles. The van der Waals surface area contributed by atoms with E-state index in [2.05, 4.69) is 53.4 Å². The molecule has 0 saturated carbocycles. The second-order valence-corrected chi connectivity index (χ2v) is 7.52. The Labute approximate surface area is 188 Å². The van der Waals surface area contributed by atoms with Gasteiger partial charge in [-0.05, 0) is 50.5 Å². The minimum Gasteiger partial charge on any atom is -0.424 e. The number of anilines is 1. The Kier molecular flexibility index (Phi) is 8.36. The molecule has 4 rings (SSSR count). The average Bonchev–Trinajstić information content (AvgIpc) is 3.46. The van der Waals surface area contributed by atoms with Crippen LogP contribution in [0.3, 0.4) is 0 Å². The van der Waals surface area contributed by atoms with E-state index in [1.807, 2.05) is 30.3 Å². The lowest BCUT2D eigenvalue weighted by Gasteiger charge is -2.15. The molecular weight excluding hydrogens is 404 g/mol. The highest BCUT2D eigenvalue weighted by Crippen LogP contribution is 2.17. The van der Waals surface area contributed by atoms with Crippen molar-refractivity contribution < 1.29 is 9.21 Å². The van der Waals surface area contributed by atoms with E-state index < -0.39 is 0 Å². The number of carbonyl (C=O) groups excluding carboxylic acids is 1. The van der Waals surface area contributed by atoms with Crippen molar-refractivity contribution in [3.8, 4) is 5.69 Å². The average molecular weight is 435 g/mol. The summed E-state index contributed by atoms with van der Waals surface area (Å²) in [5, 5.41) is 11.3. The molecule has 2 aromatic heterocycles. The fourth-order valence-electron chi connectivity index (χ4n) is 3.30. The normalized spacial score (nSPS) is 10.5. The predicted molar refractivity (Wildman–Crippen MR) is 126 cm³/mol. The number of nitrogens with one attached hydrogen (secondary N) is 1. The molecule has 0 unspecified atom stereocenters. The fraction of sp³-hybridized carbons (Fsp3) is 0.333. The number of carbonyl (C=O) groups is 1. The molecule has 0 aliphatic heterocycles.